The van der Waals surface area contributed by atoms with Gasteiger partial charge in [-0.15, -0.1) is 11.8 Å². The summed E-state index contributed by atoms with van der Waals surface area (Å²) in [7, 11) is 0. The van der Waals surface area contributed by atoms with Crippen molar-refractivity contribution in [3.05, 3.63) is 130 Å². The largest absolute Gasteiger partial charge is 0.325 e. The number of hydrogen-bond acceptors (Lipinski definition) is 4. The van der Waals surface area contributed by atoms with Crippen molar-refractivity contribution in [2.24, 2.45) is 0 Å². The van der Waals surface area contributed by atoms with Gasteiger partial charge in [0, 0.05) is 26.9 Å². The molecule has 0 spiro atoms. The quantitative estimate of drug-likeness (QED) is 0.134. The number of hydrogen-bond donors (Lipinski definition) is 3. The summed E-state index contributed by atoms with van der Waals surface area (Å²) >= 11 is 7.68. The minimum atomic E-state index is -0.513. The van der Waals surface area contributed by atoms with Crippen LogP contribution in [0.15, 0.2) is 108 Å². The summed E-state index contributed by atoms with van der Waals surface area (Å²) in [5.74, 6) is -0.836. The van der Waals surface area contributed by atoms with Crippen LogP contribution in [0, 0.1) is 6.92 Å². The first-order chi connectivity index (χ1) is 19.8. The van der Waals surface area contributed by atoms with Crippen LogP contribution in [0.25, 0.3) is 6.08 Å². The summed E-state index contributed by atoms with van der Waals surface area (Å²) in [6.45, 7) is 4.03. The topological polar surface area (TPSA) is 87.3 Å². The Kier molecular flexibility index (Phi) is 10.4. The van der Waals surface area contributed by atoms with E-state index in [2.05, 4.69) is 22.9 Å². The Morgan fingerprint density at radius 1 is 0.854 bits per heavy atom. The Morgan fingerprint density at radius 2 is 1.59 bits per heavy atom. The number of amides is 3. The summed E-state index contributed by atoms with van der Waals surface area (Å²) in [5, 5.41) is 9.04. The van der Waals surface area contributed by atoms with Crippen LogP contribution in [0.1, 0.15) is 34.0 Å². The SMILES string of the molecule is CCc1cccc(C)c1NC(=O)CSc1cccc(NC(=O)/C(=C\c2ccccc2Cl)NC(=O)c2ccccc2)c1. The van der Waals surface area contributed by atoms with Gasteiger partial charge in [-0.3, -0.25) is 14.4 Å². The molecule has 8 heteroatoms. The van der Waals surface area contributed by atoms with Crippen LogP contribution in [-0.4, -0.2) is 23.5 Å². The predicted molar refractivity (Wildman–Crippen MR) is 168 cm³/mol. The molecule has 0 heterocycles. The third-order valence-corrected chi connectivity index (χ3v) is 7.54. The molecule has 6 nitrogen and oxygen atoms in total. The van der Waals surface area contributed by atoms with E-state index in [1.165, 1.54) is 17.8 Å². The van der Waals surface area contributed by atoms with Gasteiger partial charge in [0.05, 0.1) is 5.75 Å². The molecule has 0 radical (unpaired) electrons. The number of nitrogens with one attached hydrogen (secondary N) is 3. The summed E-state index contributed by atoms with van der Waals surface area (Å²) < 4.78 is 0. The van der Waals surface area contributed by atoms with Gasteiger partial charge in [0.25, 0.3) is 11.8 Å². The molecule has 3 N–H and O–H groups in total. The Bertz CT molecular complexity index is 1590. The number of halogens is 1. The van der Waals surface area contributed by atoms with Crippen LogP contribution >= 0.6 is 23.4 Å². The Morgan fingerprint density at radius 3 is 2.34 bits per heavy atom. The molecule has 0 saturated heterocycles. The standard InChI is InChI=1S/C33H30ClN3O3S/c1-3-23-15-9-11-22(2)31(23)37-30(38)21-41-27-17-10-16-26(20-27)35-33(40)29(19-25-14-7-8-18-28(25)34)36-32(39)24-12-5-4-6-13-24/h4-20H,3,21H2,1-2H3,(H,35,40)(H,36,39)(H,37,38)/b29-19+. The summed E-state index contributed by atoms with van der Waals surface area (Å²) in [6, 6.07) is 28.9. The molecule has 0 bridgehead atoms. The molecule has 208 valence electrons. The van der Waals surface area contributed by atoms with Gasteiger partial charge in [-0.2, -0.15) is 0 Å². The third kappa shape index (κ3) is 8.33. The second-order valence-electron chi connectivity index (χ2n) is 9.18. The molecule has 41 heavy (non-hydrogen) atoms. The minimum absolute atomic E-state index is 0.0364. The van der Waals surface area contributed by atoms with E-state index in [1.54, 1.807) is 66.7 Å². The molecule has 0 aliphatic rings. The maximum absolute atomic E-state index is 13.4. The normalized spacial score (nSPS) is 11.0. The first-order valence-corrected chi connectivity index (χ1v) is 14.5. The average Bonchev–Trinajstić information content (AvgIpc) is 2.98. The number of thioether (sulfide) groups is 1. The van der Waals surface area contributed by atoms with E-state index in [4.69, 9.17) is 11.6 Å². The molecule has 4 aromatic carbocycles. The lowest BCUT2D eigenvalue weighted by atomic mass is 10.1. The number of benzene rings is 4. The summed E-state index contributed by atoms with van der Waals surface area (Å²) in [4.78, 5) is 39.8. The molecular formula is C33H30ClN3O3S. The lowest BCUT2D eigenvalue weighted by Gasteiger charge is -2.13. The van der Waals surface area contributed by atoms with Crippen molar-refractivity contribution in [3.8, 4) is 0 Å². The fraction of sp³-hybridized carbons (Fsp3) is 0.121. The Balaban J connectivity index is 1.46. The number of rotatable bonds is 10. The summed E-state index contributed by atoms with van der Waals surface area (Å²) in [6.07, 6.45) is 2.36. The zero-order valence-corrected chi connectivity index (χ0v) is 24.3. The second kappa shape index (κ2) is 14.3. The number of para-hydroxylation sites is 1. The molecule has 3 amide bonds. The molecule has 0 unspecified atom stereocenters. The van der Waals surface area contributed by atoms with Crippen molar-refractivity contribution >= 4 is 58.5 Å². The van der Waals surface area contributed by atoms with Crippen molar-refractivity contribution < 1.29 is 14.4 Å². The highest BCUT2D eigenvalue weighted by molar-refractivity contribution is 8.00. The van der Waals surface area contributed by atoms with Gasteiger partial charge in [-0.25, -0.2) is 0 Å². The van der Waals surface area contributed by atoms with Crippen molar-refractivity contribution in [3.63, 3.8) is 0 Å². The van der Waals surface area contributed by atoms with Gasteiger partial charge in [0.2, 0.25) is 5.91 Å². The van der Waals surface area contributed by atoms with E-state index >= 15 is 0 Å². The fourth-order valence-corrected chi connectivity index (χ4v) is 5.02. The number of aryl methyl sites for hydroxylation is 2. The van der Waals surface area contributed by atoms with Crippen molar-refractivity contribution in [2.75, 3.05) is 16.4 Å². The third-order valence-electron chi connectivity index (χ3n) is 6.20. The van der Waals surface area contributed by atoms with Gasteiger partial charge in [-0.1, -0.05) is 79.2 Å². The molecule has 4 aromatic rings. The fourth-order valence-electron chi connectivity index (χ4n) is 4.08. The molecule has 0 aliphatic heterocycles. The highest BCUT2D eigenvalue weighted by Crippen LogP contribution is 2.25. The zero-order valence-electron chi connectivity index (χ0n) is 22.7. The number of carbonyl (C=O) groups is 3. The van der Waals surface area contributed by atoms with Crippen molar-refractivity contribution in [1.82, 2.24) is 5.32 Å². The van der Waals surface area contributed by atoms with E-state index < -0.39 is 11.8 Å². The van der Waals surface area contributed by atoms with Crippen LogP contribution in [0.4, 0.5) is 11.4 Å². The molecule has 0 fully saturated rings. The van der Waals surface area contributed by atoms with Gasteiger partial charge >= 0.3 is 0 Å². The van der Waals surface area contributed by atoms with E-state index in [0.29, 0.717) is 21.8 Å². The Labute approximate surface area is 249 Å². The van der Waals surface area contributed by atoms with Crippen molar-refractivity contribution in [2.45, 2.75) is 25.2 Å². The maximum Gasteiger partial charge on any atom is 0.272 e. The van der Waals surface area contributed by atoms with E-state index in [1.807, 2.05) is 37.3 Å². The molecular weight excluding hydrogens is 554 g/mol. The minimum Gasteiger partial charge on any atom is -0.325 e. The van der Waals surface area contributed by atoms with E-state index in [9.17, 15) is 14.4 Å². The lowest BCUT2D eigenvalue weighted by molar-refractivity contribution is -0.114. The maximum atomic E-state index is 13.4. The predicted octanol–water partition coefficient (Wildman–Crippen LogP) is 7.35. The van der Waals surface area contributed by atoms with Crippen LogP contribution in [0.3, 0.4) is 0 Å². The van der Waals surface area contributed by atoms with Gasteiger partial charge < -0.3 is 16.0 Å². The monoisotopic (exact) mass is 583 g/mol. The van der Waals surface area contributed by atoms with Crippen LogP contribution < -0.4 is 16.0 Å². The van der Waals surface area contributed by atoms with Gasteiger partial charge in [0.1, 0.15) is 5.70 Å². The molecule has 0 saturated carbocycles. The zero-order chi connectivity index (χ0) is 29.2. The Hall–Kier alpha value is -4.33. The highest BCUT2D eigenvalue weighted by atomic mass is 35.5. The van der Waals surface area contributed by atoms with Crippen LogP contribution in [-0.2, 0) is 16.0 Å². The first-order valence-electron chi connectivity index (χ1n) is 13.1. The number of carbonyl (C=O) groups excluding carboxylic acids is 3. The molecule has 4 rings (SSSR count). The smallest absolute Gasteiger partial charge is 0.272 e. The van der Waals surface area contributed by atoms with Crippen LogP contribution in [0.2, 0.25) is 5.02 Å². The second-order valence-corrected chi connectivity index (χ2v) is 10.6. The van der Waals surface area contributed by atoms with Gasteiger partial charge in [-0.05, 0) is 72.5 Å². The molecule has 0 aliphatic carbocycles. The average molecular weight is 584 g/mol. The van der Waals surface area contributed by atoms with Gasteiger partial charge in [0.15, 0.2) is 0 Å². The lowest BCUT2D eigenvalue weighted by Crippen LogP contribution is -2.30. The van der Waals surface area contributed by atoms with Crippen LogP contribution in [0.5, 0.6) is 0 Å². The molecule has 0 atom stereocenters. The summed E-state index contributed by atoms with van der Waals surface area (Å²) in [5.41, 5.74) is 4.53. The highest BCUT2D eigenvalue weighted by Gasteiger charge is 2.16. The van der Waals surface area contributed by atoms with Crippen molar-refractivity contribution in [1.29, 1.82) is 0 Å². The van der Waals surface area contributed by atoms with E-state index in [-0.39, 0.29) is 17.4 Å². The molecule has 0 aromatic heterocycles. The van der Waals surface area contributed by atoms with E-state index in [0.717, 1.165) is 28.1 Å². The first kappa shape index (κ1) is 29.6. The number of anilines is 2.